The Balaban J connectivity index is 2.15. The van der Waals surface area contributed by atoms with Crippen molar-refractivity contribution in [3.05, 3.63) is 84.4 Å². The van der Waals surface area contributed by atoms with Crippen LogP contribution in [0, 0.1) is 0 Å². The molecule has 0 spiro atoms. The molecule has 2 rings (SSSR count). The van der Waals surface area contributed by atoms with Gasteiger partial charge in [-0.15, -0.1) is 0 Å². The molecule has 2 N–H and O–H groups in total. The number of hydrogen-bond acceptors (Lipinski definition) is 4. The predicted molar refractivity (Wildman–Crippen MR) is 106 cm³/mol. The fourth-order valence-electron chi connectivity index (χ4n) is 2.75. The minimum Gasteiger partial charge on any atom is -0.467 e. The second-order valence-corrected chi connectivity index (χ2v) is 6.23. The van der Waals surface area contributed by atoms with E-state index >= 15 is 0 Å². The van der Waals surface area contributed by atoms with Crippen LogP contribution in [0.2, 0.25) is 0 Å². The van der Waals surface area contributed by atoms with E-state index in [1.807, 2.05) is 60.7 Å². The van der Waals surface area contributed by atoms with Crippen molar-refractivity contribution in [2.45, 2.75) is 24.9 Å². The minimum absolute atomic E-state index is 0.283. The van der Waals surface area contributed by atoms with Gasteiger partial charge in [0.25, 0.3) is 0 Å². The van der Waals surface area contributed by atoms with Crippen molar-refractivity contribution in [2.75, 3.05) is 7.11 Å². The zero-order valence-electron chi connectivity index (χ0n) is 15.8. The Hall–Kier alpha value is -3.41. The quantitative estimate of drug-likeness (QED) is 0.513. The van der Waals surface area contributed by atoms with Crippen molar-refractivity contribution in [2.24, 2.45) is 0 Å². The molecule has 0 bridgehead atoms. The van der Waals surface area contributed by atoms with Gasteiger partial charge in [-0.1, -0.05) is 67.2 Å². The van der Waals surface area contributed by atoms with Crippen molar-refractivity contribution in [1.82, 2.24) is 10.6 Å². The first kappa shape index (κ1) is 20.9. The predicted octanol–water partition coefficient (Wildman–Crippen LogP) is 1.80. The number of ether oxygens (including phenoxy) is 1. The first-order chi connectivity index (χ1) is 13.5. The molecule has 2 aromatic carbocycles. The number of rotatable bonds is 9. The molecule has 146 valence electrons. The molecular formula is C22H24N2O4. The average Bonchev–Trinajstić information content (AvgIpc) is 2.73. The maximum atomic E-state index is 12.9. The van der Waals surface area contributed by atoms with E-state index in [4.69, 9.17) is 4.74 Å². The van der Waals surface area contributed by atoms with Gasteiger partial charge in [-0.2, -0.15) is 0 Å². The summed E-state index contributed by atoms with van der Waals surface area (Å²) < 4.78 is 4.83. The maximum Gasteiger partial charge on any atom is 0.328 e. The van der Waals surface area contributed by atoms with Crippen LogP contribution in [0.25, 0.3) is 0 Å². The minimum atomic E-state index is -0.862. The SMILES string of the molecule is C=CC(=O)N[C@@H](Cc1ccccc1)C(=O)N[C@@H](Cc1ccccc1)C(=O)OC. The van der Waals surface area contributed by atoms with Crippen LogP contribution in [0.5, 0.6) is 0 Å². The maximum absolute atomic E-state index is 12.9. The summed E-state index contributed by atoms with van der Waals surface area (Å²) in [5, 5.41) is 5.32. The van der Waals surface area contributed by atoms with Crippen LogP contribution < -0.4 is 10.6 Å². The van der Waals surface area contributed by atoms with Gasteiger partial charge >= 0.3 is 5.97 Å². The van der Waals surface area contributed by atoms with Crippen LogP contribution in [0.4, 0.5) is 0 Å². The van der Waals surface area contributed by atoms with Crippen LogP contribution in [0.15, 0.2) is 73.3 Å². The van der Waals surface area contributed by atoms with E-state index in [2.05, 4.69) is 17.2 Å². The highest BCUT2D eigenvalue weighted by Gasteiger charge is 2.27. The van der Waals surface area contributed by atoms with Crippen molar-refractivity contribution in [3.63, 3.8) is 0 Å². The van der Waals surface area contributed by atoms with E-state index in [0.717, 1.165) is 17.2 Å². The first-order valence-electron chi connectivity index (χ1n) is 8.92. The van der Waals surface area contributed by atoms with Gasteiger partial charge in [0.2, 0.25) is 11.8 Å². The van der Waals surface area contributed by atoms with Gasteiger partial charge < -0.3 is 15.4 Å². The lowest BCUT2D eigenvalue weighted by molar-refractivity contribution is -0.145. The van der Waals surface area contributed by atoms with Gasteiger partial charge in [0, 0.05) is 12.8 Å². The van der Waals surface area contributed by atoms with Gasteiger partial charge in [0.1, 0.15) is 12.1 Å². The molecule has 0 aliphatic heterocycles. The zero-order chi connectivity index (χ0) is 20.4. The molecule has 0 aliphatic rings. The molecule has 0 aliphatic carbocycles. The summed E-state index contributed by atoms with van der Waals surface area (Å²) in [6, 6.07) is 16.9. The summed E-state index contributed by atoms with van der Waals surface area (Å²) in [7, 11) is 1.27. The average molecular weight is 380 g/mol. The summed E-state index contributed by atoms with van der Waals surface area (Å²) in [4.78, 5) is 36.8. The third-order valence-electron chi connectivity index (χ3n) is 4.19. The Labute approximate surface area is 164 Å². The molecule has 2 amide bonds. The fraction of sp³-hybridized carbons (Fsp3) is 0.227. The van der Waals surface area contributed by atoms with Gasteiger partial charge in [-0.05, 0) is 17.2 Å². The van der Waals surface area contributed by atoms with Crippen LogP contribution >= 0.6 is 0 Å². The number of carbonyl (C=O) groups is 3. The van der Waals surface area contributed by atoms with Crippen molar-refractivity contribution >= 4 is 17.8 Å². The first-order valence-corrected chi connectivity index (χ1v) is 8.92. The topological polar surface area (TPSA) is 84.5 Å². The molecule has 2 aromatic rings. The number of hydrogen-bond donors (Lipinski definition) is 2. The highest BCUT2D eigenvalue weighted by molar-refractivity contribution is 5.94. The van der Waals surface area contributed by atoms with Crippen molar-refractivity contribution in [1.29, 1.82) is 0 Å². The largest absolute Gasteiger partial charge is 0.467 e. The van der Waals surface area contributed by atoms with Crippen LogP contribution in [0.1, 0.15) is 11.1 Å². The lowest BCUT2D eigenvalue weighted by Gasteiger charge is -2.22. The van der Waals surface area contributed by atoms with E-state index in [1.165, 1.54) is 7.11 Å². The van der Waals surface area contributed by atoms with Crippen molar-refractivity contribution < 1.29 is 19.1 Å². The number of esters is 1. The number of nitrogens with one attached hydrogen (secondary N) is 2. The lowest BCUT2D eigenvalue weighted by Crippen LogP contribution is -2.53. The summed E-state index contributed by atoms with van der Waals surface area (Å²) >= 11 is 0. The van der Waals surface area contributed by atoms with Crippen molar-refractivity contribution in [3.8, 4) is 0 Å². The highest BCUT2D eigenvalue weighted by Crippen LogP contribution is 2.07. The lowest BCUT2D eigenvalue weighted by atomic mass is 10.0. The molecule has 0 saturated carbocycles. The monoisotopic (exact) mass is 380 g/mol. The summed E-state index contributed by atoms with van der Waals surface area (Å²) in [5.74, 6) is -1.48. The smallest absolute Gasteiger partial charge is 0.328 e. The Morgan fingerprint density at radius 1 is 0.893 bits per heavy atom. The Kier molecular flexibility index (Phi) is 7.96. The standard InChI is InChI=1S/C22H24N2O4/c1-3-20(25)23-18(14-16-10-6-4-7-11-16)21(26)24-19(22(27)28-2)15-17-12-8-5-9-13-17/h3-13,18-19H,1,14-15H2,2H3,(H,23,25)(H,24,26)/t18-,19-/m0/s1. The van der Waals surface area contributed by atoms with Crippen LogP contribution in [0.3, 0.4) is 0 Å². The number of benzene rings is 2. The van der Waals surface area contributed by atoms with E-state index in [0.29, 0.717) is 0 Å². The third-order valence-corrected chi connectivity index (χ3v) is 4.19. The molecular weight excluding hydrogens is 356 g/mol. The Morgan fingerprint density at radius 2 is 1.39 bits per heavy atom. The molecule has 0 heterocycles. The molecule has 0 radical (unpaired) electrons. The molecule has 2 atom stereocenters. The van der Waals surface area contributed by atoms with E-state index in [-0.39, 0.29) is 12.8 Å². The third kappa shape index (κ3) is 6.39. The highest BCUT2D eigenvalue weighted by atomic mass is 16.5. The summed E-state index contributed by atoms with van der Waals surface area (Å²) in [6.45, 7) is 3.42. The molecule has 6 heteroatoms. The number of methoxy groups -OCH3 is 1. The molecule has 6 nitrogen and oxygen atoms in total. The Bertz CT molecular complexity index is 806. The van der Waals surface area contributed by atoms with E-state index in [1.54, 1.807) is 0 Å². The molecule has 0 unspecified atom stereocenters. The molecule has 28 heavy (non-hydrogen) atoms. The van der Waals surface area contributed by atoms with E-state index < -0.39 is 29.9 Å². The van der Waals surface area contributed by atoms with Gasteiger partial charge in [-0.25, -0.2) is 4.79 Å². The number of carbonyl (C=O) groups excluding carboxylic acids is 3. The second kappa shape index (κ2) is 10.7. The van der Waals surface area contributed by atoms with Gasteiger partial charge in [-0.3, -0.25) is 9.59 Å². The molecule has 0 saturated heterocycles. The number of amides is 2. The second-order valence-electron chi connectivity index (χ2n) is 6.23. The van der Waals surface area contributed by atoms with Gasteiger partial charge in [0.05, 0.1) is 7.11 Å². The summed E-state index contributed by atoms with van der Waals surface area (Å²) in [6.07, 6.45) is 1.67. The van der Waals surface area contributed by atoms with Gasteiger partial charge in [0.15, 0.2) is 0 Å². The normalized spacial score (nSPS) is 12.3. The van der Waals surface area contributed by atoms with E-state index in [9.17, 15) is 14.4 Å². The Morgan fingerprint density at radius 3 is 1.86 bits per heavy atom. The zero-order valence-corrected chi connectivity index (χ0v) is 15.8. The van der Waals surface area contributed by atoms with Crippen LogP contribution in [-0.2, 0) is 32.0 Å². The molecule has 0 aromatic heterocycles. The summed E-state index contributed by atoms with van der Waals surface area (Å²) in [5.41, 5.74) is 1.76. The van der Waals surface area contributed by atoms with Crippen LogP contribution in [-0.4, -0.2) is 37.0 Å². The fourth-order valence-corrected chi connectivity index (χ4v) is 2.75. The molecule has 0 fully saturated rings.